The Kier molecular flexibility index (Phi) is 5.83. The molecule has 4 rings (SSSR count). The largest absolute Gasteiger partial charge is 0.359 e. The van der Waals surface area contributed by atoms with Crippen molar-refractivity contribution in [3.8, 4) is 0 Å². The number of benzene rings is 1. The molecule has 1 aliphatic heterocycles. The zero-order valence-corrected chi connectivity index (χ0v) is 17.4. The van der Waals surface area contributed by atoms with Gasteiger partial charge in [-0.25, -0.2) is 4.98 Å². The number of likely N-dealkylation sites (tertiary alicyclic amines) is 1. The number of hydrogen-bond acceptors (Lipinski definition) is 5. The molecule has 30 heavy (non-hydrogen) atoms. The van der Waals surface area contributed by atoms with E-state index >= 15 is 0 Å². The fraction of sp³-hybridized carbons (Fsp3) is 0.455. The average Bonchev–Trinajstić information content (AvgIpc) is 3.36. The molecule has 1 aromatic carbocycles. The molecule has 0 spiro atoms. The summed E-state index contributed by atoms with van der Waals surface area (Å²) >= 11 is 0. The van der Waals surface area contributed by atoms with Crippen LogP contribution in [0.25, 0.3) is 11.0 Å². The molecular formula is C22H27N5O3. The van der Waals surface area contributed by atoms with Crippen molar-refractivity contribution in [3.63, 3.8) is 0 Å². The summed E-state index contributed by atoms with van der Waals surface area (Å²) in [6.45, 7) is 5.55. The minimum Gasteiger partial charge on any atom is -0.359 e. The van der Waals surface area contributed by atoms with Crippen LogP contribution in [0.1, 0.15) is 53.8 Å². The van der Waals surface area contributed by atoms with Gasteiger partial charge in [0.25, 0.3) is 5.91 Å². The average molecular weight is 409 g/mol. The van der Waals surface area contributed by atoms with E-state index in [1.165, 1.54) is 0 Å². The molecule has 3 heterocycles. The number of carbonyl (C=O) groups is 2. The molecule has 2 aromatic heterocycles. The molecule has 1 unspecified atom stereocenters. The van der Waals surface area contributed by atoms with Gasteiger partial charge < -0.3 is 19.7 Å². The van der Waals surface area contributed by atoms with E-state index in [0.717, 1.165) is 48.4 Å². The van der Waals surface area contributed by atoms with Crippen LogP contribution < -0.4 is 5.32 Å². The van der Waals surface area contributed by atoms with Crippen molar-refractivity contribution in [2.24, 2.45) is 5.92 Å². The van der Waals surface area contributed by atoms with E-state index in [0.29, 0.717) is 30.8 Å². The zero-order chi connectivity index (χ0) is 21.1. The second-order valence-corrected chi connectivity index (χ2v) is 7.93. The van der Waals surface area contributed by atoms with Crippen molar-refractivity contribution in [2.45, 2.75) is 46.1 Å². The molecule has 2 N–H and O–H groups in total. The number of amides is 2. The lowest BCUT2D eigenvalue weighted by atomic mass is 9.94. The van der Waals surface area contributed by atoms with Crippen LogP contribution in [-0.2, 0) is 17.8 Å². The summed E-state index contributed by atoms with van der Waals surface area (Å²) in [6, 6.07) is 7.41. The van der Waals surface area contributed by atoms with E-state index in [1.54, 1.807) is 0 Å². The highest BCUT2D eigenvalue weighted by Crippen LogP contribution is 2.22. The Labute approximate surface area is 175 Å². The van der Waals surface area contributed by atoms with Crippen LogP contribution in [0.2, 0.25) is 0 Å². The molecule has 8 nitrogen and oxygen atoms in total. The lowest BCUT2D eigenvalue weighted by Gasteiger charge is -2.32. The van der Waals surface area contributed by atoms with Crippen LogP contribution in [0.15, 0.2) is 28.8 Å². The van der Waals surface area contributed by atoms with Gasteiger partial charge in [-0.3, -0.25) is 9.59 Å². The van der Waals surface area contributed by atoms with Crippen LogP contribution in [0.3, 0.4) is 0 Å². The number of nitrogens with zero attached hydrogens (tertiary/aromatic N) is 3. The van der Waals surface area contributed by atoms with Gasteiger partial charge in [0.15, 0.2) is 5.76 Å². The highest BCUT2D eigenvalue weighted by atomic mass is 16.5. The smallest absolute Gasteiger partial charge is 0.253 e. The molecule has 2 amide bonds. The highest BCUT2D eigenvalue weighted by Gasteiger charge is 2.26. The maximum Gasteiger partial charge on any atom is 0.253 e. The number of piperidine rings is 1. The van der Waals surface area contributed by atoms with Crippen molar-refractivity contribution in [1.82, 2.24) is 25.3 Å². The van der Waals surface area contributed by atoms with Gasteiger partial charge in [0, 0.05) is 31.1 Å². The van der Waals surface area contributed by atoms with E-state index in [4.69, 9.17) is 4.52 Å². The van der Waals surface area contributed by atoms with Crippen LogP contribution in [0, 0.1) is 12.8 Å². The standard InChI is InChI=1S/C22H27N5O3/c1-3-17-11-18(30-26-17)12-23-21(28)9-15-5-4-8-27(13-15)22(29)16-6-7-19-20(10-16)25-14(2)24-19/h6-7,10-11,15H,3-5,8-9,12-13H2,1-2H3,(H,23,28)(H,24,25). The Bertz CT molecular complexity index is 1050. The highest BCUT2D eigenvalue weighted by molar-refractivity contribution is 5.97. The first-order chi connectivity index (χ1) is 14.5. The first-order valence-corrected chi connectivity index (χ1v) is 10.5. The molecule has 1 aliphatic rings. The fourth-order valence-electron chi connectivity index (χ4n) is 3.99. The number of fused-ring (bicyclic) bond motifs is 1. The summed E-state index contributed by atoms with van der Waals surface area (Å²) in [6.07, 6.45) is 3.04. The maximum atomic E-state index is 13.0. The van der Waals surface area contributed by atoms with Gasteiger partial charge in [0.2, 0.25) is 5.91 Å². The molecule has 1 atom stereocenters. The van der Waals surface area contributed by atoms with Crippen molar-refractivity contribution >= 4 is 22.8 Å². The summed E-state index contributed by atoms with van der Waals surface area (Å²) in [5, 5.41) is 6.82. The second kappa shape index (κ2) is 8.69. The van der Waals surface area contributed by atoms with Crippen molar-refractivity contribution < 1.29 is 14.1 Å². The molecule has 3 aromatic rings. The normalized spacial score (nSPS) is 16.7. The Morgan fingerprint density at radius 1 is 1.33 bits per heavy atom. The summed E-state index contributed by atoms with van der Waals surface area (Å²) in [7, 11) is 0. The third-order valence-corrected chi connectivity index (χ3v) is 5.56. The third kappa shape index (κ3) is 4.53. The lowest BCUT2D eigenvalue weighted by Crippen LogP contribution is -2.41. The fourth-order valence-corrected chi connectivity index (χ4v) is 3.99. The molecule has 0 bridgehead atoms. The number of nitrogens with one attached hydrogen (secondary N) is 2. The first kappa shape index (κ1) is 20.1. The summed E-state index contributed by atoms with van der Waals surface area (Å²) < 4.78 is 5.20. The number of aromatic nitrogens is 3. The predicted molar refractivity (Wildman–Crippen MR) is 112 cm³/mol. The zero-order valence-electron chi connectivity index (χ0n) is 17.4. The van der Waals surface area contributed by atoms with Gasteiger partial charge in [-0.15, -0.1) is 0 Å². The number of aryl methyl sites for hydroxylation is 2. The molecule has 8 heteroatoms. The Morgan fingerprint density at radius 2 is 2.20 bits per heavy atom. The lowest BCUT2D eigenvalue weighted by molar-refractivity contribution is -0.122. The topological polar surface area (TPSA) is 104 Å². The van der Waals surface area contributed by atoms with Gasteiger partial charge in [-0.2, -0.15) is 0 Å². The summed E-state index contributed by atoms with van der Waals surface area (Å²) in [5.74, 6) is 1.61. The quantitative estimate of drug-likeness (QED) is 0.651. The predicted octanol–water partition coefficient (Wildman–Crippen LogP) is 2.98. The maximum absolute atomic E-state index is 13.0. The molecule has 1 fully saturated rings. The summed E-state index contributed by atoms with van der Waals surface area (Å²) in [4.78, 5) is 34.8. The number of carbonyl (C=O) groups excluding carboxylic acids is 2. The molecule has 0 saturated carbocycles. The number of H-pyrrole nitrogens is 1. The van der Waals surface area contributed by atoms with Crippen LogP contribution in [0.5, 0.6) is 0 Å². The van der Waals surface area contributed by atoms with E-state index in [2.05, 4.69) is 20.4 Å². The van der Waals surface area contributed by atoms with Crippen molar-refractivity contribution in [3.05, 3.63) is 47.1 Å². The van der Waals surface area contributed by atoms with Crippen LogP contribution in [-0.4, -0.2) is 44.9 Å². The van der Waals surface area contributed by atoms with Crippen LogP contribution in [0.4, 0.5) is 0 Å². The molecule has 1 saturated heterocycles. The van der Waals surface area contributed by atoms with E-state index in [-0.39, 0.29) is 17.7 Å². The van der Waals surface area contributed by atoms with Gasteiger partial charge in [-0.1, -0.05) is 12.1 Å². The van der Waals surface area contributed by atoms with Gasteiger partial charge in [0.05, 0.1) is 23.3 Å². The van der Waals surface area contributed by atoms with Crippen molar-refractivity contribution in [2.75, 3.05) is 13.1 Å². The van der Waals surface area contributed by atoms with E-state index in [1.807, 2.05) is 43.0 Å². The second-order valence-electron chi connectivity index (χ2n) is 7.93. The van der Waals surface area contributed by atoms with E-state index in [9.17, 15) is 9.59 Å². The SMILES string of the molecule is CCc1cc(CNC(=O)CC2CCCN(C(=O)c3ccc4nc(C)[nH]c4c3)C2)on1. The molecule has 0 aliphatic carbocycles. The van der Waals surface area contributed by atoms with Gasteiger partial charge >= 0.3 is 0 Å². The number of rotatable bonds is 6. The van der Waals surface area contributed by atoms with Gasteiger partial charge in [-0.05, 0) is 50.3 Å². The molecule has 158 valence electrons. The molecular weight excluding hydrogens is 382 g/mol. The Hall–Kier alpha value is -3.16. The monoisotopic (exact) mass is 409 g/mol. The Morgan fingerprint density at radius 3 is 3.00 bits per heavy atom. The van der Waals surface area contributed by atoms with Gasteiger partial charge in [0.1, 0.15) is 5.82 Å². The Balaban J connectivity index is 1.32. The minimum atomic E-state index is -0.0295. The third-order valence-electron chi connectivity index (χ3n) is 5.56. The number of imidazole rings is 1. The number of hydrogen-bond donors (Lipinski definition) is 2. The minimum absolute atomic E-state index is 0.00279. The first-order valence-electron chi connectivity index (χ1n) is 10.5. The summed E-state index contributed by atoms with van der Waals surface area (Å²) in [5.41, 5.74) is 3.25. The molecule has 0 radical (unpaired) electrons. The van der Waals surface area contributed by atoms with E-state index < -0.39 is 0 Å². The van der Waals surface area contributed by atoms with Crippen molar-refractivity contribution in [1.29, 1.82) is 0 Å². The number of aromatic amines is 1. The van der Waals surface area contributed by atoms with Crippen LogP contribution >= 0.6 is 0 Å².